The molecule has 0 heterocycles. The third kappa shape index (κ3) is 9.09. The zero-order valence-corrected chi connectivity index (χ0v) is 19.2. The Kier molecular flexibility index (Phi) is 9.84. The molecular weight excluding hydrogens is 390 g/mol. The van der Waals surface area contributed by atoms with E-state index in [1.165, 1.54) is 5.56 Å². The van der Waals surface area contributed by atoms with Gasteiger partial charge in [-0.15, -0.1) is 0 Å². The fourth-order valence-electron chi connectivity index (χ4n) is 2.93. The number of nitrogens with one attached hydrogen (secondary N) is 3. The van der Waals surface area contributed by atoms with E-state index >= 15 is 0 Å². The highest BCUT2D eigenvalue weighted by atomic mass is 16.5. The van der Waals surface area contributed by atoms with Gasteiger partial charge in [0.15, 0.2) is 5.96 Å². The lowest BCUT2D eigenvalue weighted by molar-refractivity contribution is 0.0951. The molecule has 3 N–H and O–H groups in total. The number of ether oxygens (including phenoxy) is 1. The predicted molar refractivity (Wildman–Crippen MR) is 127 cm³/mol. The molecule has 0 aliphatic rings. The van der Waals surface area contributed by atoms with Gasteiger partial charge in [0.1, 0.15) is 11.9 Å². The smallest absolute Gasteiger partial charge is 0.251 e. The number of benzene rings is 2. The van der Waals surface area contributed by atoms with Crippen molar-refractivity contribution in [3.05, 3.63) is 65.2 Å². The molecule has 168 valence electrons. The molecule has 1 amide bonds. The average molecular weight is 426 g/mol. The molecule has 0 radical (unpaired) electrons. The van der Waals surface area contributed by atoms with Crippen molar-refractivity contribution in [1.82, 2.24) is 20.9 Å². The Hall–Kier alpha value is -3.06. The first-order valence-electron chi connectivity index (χ1n) is 10.6. The van der Waals surface area contributed by atoms with Gasteiger partial charge in [0.2, 0.25) is 0 Å². The number of aryl methyl sites for hydroxylation is 1. The summed E-state index contributed by atoms with van der Waals surface area (Å²) < 4.78 is 5.95. The number of carbonyl (C=O) groups is 1. The Labute approximate surface area is 185 Å². The van der Waals surface area contributed by atoms with E-state index < -0.39 is 0 Å². The molecule has 1 unspecified atom stereocenters. The van der Waals surface area contributed by atoms with Crippen LogP contribution in [0.2, 0.25) is 0 Å². The second kappa shape index (κ2) is 12.6. The quantitative estimate of drug-likeness (QED) is 0.403. The van der Waals surface area contributed by atoms with E-state index in [-0.39, 0.29) is 12.0 Å². The van der Waals surface area contributed by atoms with Crippen molar-refractivity contribution >= 4 is 11.9 Å². The average Bonchev–Trinajstić information content (AvgIpc) is 2.73. The zero-order valence-electron chi connectivity index (χ0n) is 19.2. The number of carbonyl (C=O) groups excluding carboxylic acids is 1. The lowest BCUT2D eigenvalue weighted by atomic mass is 10.1. The molecule has 0 spiro atoms. The summed E-state index contributed by atoms with van der Waals surface area (Å²) in [5.74, 6) is 1.48. The standard InChI is InChI=1S/C24H35N5O2/c1-18-8-6-11-22(14-18)31-19(2)16-27-24(25-3)28-17-20-9-7-10-21(15-20)23(30)26-12-13-29(4)5/h6-11,14-15,19H,12-13,16-17H2,1-5H3,(H,26,30)(H2,25,27,28). The molecule has 0 saturated carbocycles. The van der Waals surface area contributed by atoms with E-state index in [0.29, 0.717) is 31.2 Å². The molecule has 0 saturated heterocycles. The summed E-state index contributed by atoms with van der Waals surface area (Å²) in [6, 6.07) is 15.6. The van der Waals surface area contributed by atoms with Crippen LogP contribution in [0.4, 0.5) is 0 Å². The zero-order chi connectivity index (χ0) is 22.6. The fraction of sp³-hybridized carbons (Fsp3) is 0.417. The Morgan fingerprint density at radius 3 is 2.58 bits per heavy atom. The van der Waals surface area contributed by atoms with Gasteiger partial charge in [0, 0.05) is 32.2 Å². The third-order valence-corrected chi connectivity index (χ3v) is 4.60. The summed E-state index contributed by atoms with van der Waals surface area (Å²) >= 11 is 0. The molecule has 0 fully saturated rings. The number of rotatable bonds is 10. The van der Waals surface area contributed by atoms with Crippen molar-refractivity contribution in [2.24, 2.45) is 4.99 Å². The van der Waals surface area contributed by atoms with Crippen molar-refractivity contribution in [1.29, 1.82) is 0 Å². The first-order valence-corrected chi connectivity index (χ1v) is 10.6. The molecule has 1 atom stereocenters. The van der Waals surface area contributed by atoms with Crippen molar-refractivity contribution in [2.75, 3.05) is 40.8 Å². The molecule has 7 nitrogen and oxygen atoms in total. The van der Waals surface area contributed by atoms with Crippen LogP contribution in [-0.4, -0.2) is 63.6 Å². The molecule has 7 heteroatoms. The first-order chi connectivity index (χ1) is 14.9. The number of guanidine groups is 1. The van der Waals surface area contributed by atoms with E-state index in [9.17, 15) is 4.79 Å². The summed E-state index contributed by atoms with van der Waals surface area (Å²) in [5.41, 5.74) is 2.83. The van der Waals surface area contributed by atoms with Gasteiger partial charge >= 0.3 is 0 Å². The molecule has 0 aromatic heterocycles. The maximum absolute atomic E-state index is 12.3. The van der Waals surface area contributed by atoms with E-state index in [0.717, 1.165) is 17.9 Å². The maximum atomic E-state index is 12.3. The Morgan fingerprint density at radius 2 is 1.87 bits per heavy atom. The molecule has 0 aliphatic carbocycles. The minimum atomic E-state index is -0.0617. The van der Waals surface area contributed by atoms with Gasteiger partial charge < -0.3 is 25.6 Å². The van der Waals surface area contributed by atoms with Crippen molar-refractivity contribution < 1.29 is 9.53 Å². The first kappa shape index (κ1) is 24.2. The van der Waals surface area contributed by atoms with Crippen LogP contribution in [0.3, 0.4) is 0 Å². The van der Waals surface area contributed by atoms with Crippen molar-refractivity contribution in [3.63, 3.8) is 0 Å². The minimum absolute atomic E-state index is 0.0189. The van der Waals surface area contributed by atoms with E-state index in [1.807, 2.05) is 81.4 Å². The summed E-state index contributed by atoms with van der Waals surface area (Å²) in [6.07, 6.45) is -0.0189. The van der Waals surface area contributed by atoms with Gasteiger partial charge in [-0.05, 0) is 63.3 Å². The number of amides is 1. The van der Waals surface area contributed by atoms with Crippen LogP contribution in [0.15, 0.2) is 53.5 Å². The van der Waals surface area contributed by atoms with Crippen LogP contribution in [0.1, 0.15) is 28.4 Å². The number of aliphatic imine (C=N–C) groups is 1. The summed E-state index contributed by atoms with van der Waals surface area (Å²) in [5, 5.41) is 9.50. The van der Waals surface area contributed by atoms with Gasteiger partial charge in [-0.1, -0.05) is 24.3 Å². The van der Waals surface area contributed by atoms with Gasteiger partial charge in [-0.25, -0.2) is 0 Å². The highest BCUT2D eigenvalue weighted by Crippen LogP contribution is 2.13. The van der Waals surface area contributed by atoms with Gasteiger partial charge in [0.25, 0.3) is 5.91 Å². The lowest BCUT2D eigenvalue weighted by Gasteiger charge is -2.18. The Morgan fingerprint density at radius 1 is 1.10 bits per heavy atom. The van der Waals surface area contributed by atoms with Crippen LogP contribution >= 0.6 is 0 Å². The van der Waals surface area contributed by atoms with E-state index in [1.54, 1.807) is 7.05 Å². The summed E-state index contributed by atoms with van der Waals surface area (Å²) in [6.45, 7) is 6.66. The predicted octanol–water partition coefficient (Wildman–Crippen LogP) is 2.42. The topological polar surface area (TPSA) is 78.0 Å². The molecule has 0 bridgehead atoms. The SMILES string of the molecule is CN=C(NCc1cccc(C(=O)NCCN(C)C)c1)NCC(C)Oc1cccc(C)c1. The Bertz CT molecular complexity index is 867. The monoisotopic (exact) mass is 425 g/mol. The number of nitrogens with zero attached hydrogens (tertiary/aromatic N) is 2. The van der Waals surface area contributed by atoms with Crippen LogP contribution < -0.4 is 20.7 Å². The number of likely N-dealkylation sites (N-methyl/N-ethyl adjacent to an activating group) is 1. The maximum Gasteiger partial charge on any atom is 0.251 e. The van der Waals surface area contributed by atoms with Crippen molar-refractivity contribution in [2.45, 2.75) is 26.5 Å². The van der Waals surface area contributed by atoms with Crippen molar-refractivity contribution in [3.8, 4) is 5.75 Å². The second-order valence-corrected chi connectivity index (χ2v) is 7.81. The highest BCUT2D eigenvalue weighted by Gasteiger charge is 2.08. The summed E-state index contributed by atoms with van der Waals surface area (Å²) in [4.78, 5) is 18.6. The molecule has 0 aliphatic heterocycles. The third-order valence-electron chi connectivity index (χ3n) is 4.60. The Balaban J connectivity index is 1.80. The molecular formula is C24H35N5O2. The normalized spacial score (nSPS) is 12.4. The van der Waals surface area contributed by atoms with Crippen LogP contribution in [0, 0.1) is 6.92 Å². The van der Waals surface area contributed by atoms with Crippen LogP contribution in [0.5, 0.6) is 5.75 Å². The largest absolute Gasteiger partial charge is 0.489 e. The van der Waals surface area contributed by atoms with E-state index in [2.05, 4.69) is 20.9 Å². The number of hydrogen-bond acceptors (Lipinski definition) is 4. The van der Waals surface area contributed by atoms with Gasteiger partial charge in [0.05, 0.1) is 6.54 Å². The van der Waals surface area contributed by atoms with Gasteiger partial charge in [-0.2, -0.15) is 0 Å². The minimum Gasteiger partial charge on any atom is -0.489 e. The highest BCUT2D eigenvalue weighted by molar-refractivity contribution is 5.94. The van der Waals surface area contributed by atoms with Crippen LogP contribution in [0.25, 0.3) is 0 Å². The van der Waals surface area contributed by atoms with Crippen LogP contribution in [-0.2, 0) is 6.54 Å². The fourth-order valence-corrected chi connectivity index (χ4v) is 2.93. The lowest BCUT2D eigenvalue weighted by Crippen LogP contribution is -2.41. The summed E-state index contributed by atoms with van der Waals surface area (Å²) in [7, 11) is 5.69. The van der Waals surface area contributed by atoms with Gasteiger partial charge in [-0.3, -0.25) is 9.79 Å². The molecule has 2 aromatic carbocycles. The molecule has 2 rings (SSSR count). The second-order valence-electron chi connectivity index (χ2n) is 7.81. The molecule has 31 heavy (non-hydrogen) atoms. The molecule has 2 aromatic rings. The number of hydrogen-bond donors (Lipinski definition) is 3. The van der Waals surface area contributed by atoms with E-state index in [4.69, 9.17) is 4.74 Å².